The van der Waals surface area contributed by atoms with Crippen LogP contribution in [-0.4, -0.2) is 15.9 Å². The van der Waals surface area contributed by atoms with E-state index in [0.29, 0.717) is 5.82 Å². The van der Waals surface area contributed by atoms with Crippen molar-refractivity contribution in [3.63, 3.8) is 0 Å². The Morgan fingerprint density at radius 3 is 2.83 bits per heavy atom. The fourth-order valence-corrected chi connectivity index (χ4v) is 0.870. The molecular formula is C6H7ClN4O. The summed E-state index contributed by atoms with van der Waals surface area (Å²) in [5.41, 5.74) is 5.28. The highest BCUT2D eigenvalue weighted by atomic mass is 35.5. The number of nitrogen functional groups attached to an aromatic ring is 1. The van der Waals surface area contributed by atoms with Crippen LogP contribution >= 0.6 is 11.6 Å². The maximum Gasteiger partial charge on any atom is 0.223 e. The number of nitrogens with zero attached hydrogens (tertiary/aromatic N) is 2. The Labute approximate surface area is 74.0 Å². The van der Waals surface area contributed by atoms with Gasteiger partial charge >= 0.3 is 0 Å². The van der Waals surface area contributed by atoms with E-state index >= 15 is 0 Å². The molecule has 6 heteroatoms. The third kappa shape index (κ3) is 2.35. The lowest BCUT2D eigenvalue weighted by molar-refractivity contribution is -0.114. The molecule has 1 aromatic heterocycles. The number of halogens is 1. The van der Waals surface area contributed by atoms with Crippen molar-refractivity contribution < 1.29 is 4.79 Å². The highest BCUT2D eigenvalue weighted by Gasteiger charge is 2.00. The van der Waals surface area contributed by atoms with Crippen LogP contribution < -0.4 is 11.1 Å². The van der Waals surface area contributed by atoms with Gasteiger partial charge in [0.15, 0.2) is 0 Å². The van der Waals surface area contributed by atoms with Gasteiger partial charge in [-0.2, -0.15) is 4.98 Å². The molecule has 0 unspecified atom stereocenters. The number of hydrogen-bond donors (Lipinski definition) is 2. The molecule has 12 heavy (non-hydrogen) atoms. The van der Waals surface area contributed by atoms with Crippen LogP contribution in [0, 0.1) is 0 Å². The third-order valence-corrected chi connectivity index (χ3v) is 1.21. The Bertz CT molecular complexity index is 294. The Morgan fingerprint density at radius 2 is 2.33 bits per heavy atom. The zero-order valence-electron chi connectivity index (χ0n) is 6.34. The first-order valence-corrected chi connectivity index (χ1v) is 3.53. The van der Waals surface area contributed by atoms with E-state index in [1.165, 1.54) is 13.0 Å². The summed E-state index contributed by atoms with van der Waals surface area (Å²) in [4.78, 5) is 17.9. The van der Waals surface area contributed by atoms with Crippen molar-refractivity contribution >= 4 is 29.3 Å². The summed E-state index contributed by atoms with van der Waals surface area (Å²) in [6.45, 7) is 1.37. The highest BCUT2D eigenvalue weighted by molar-refractivity contribution is 6.29. The molecule has 0 saturated heterocycles. The minimum absolute atomic E-state index is 0.0336. The van der Waals surface area contributed by atoms with Gasteiger partial charge in [0.2, 0.25) is 11.9 Å². The monoisotopic (exact) mass is 186 g/mol. The van der Waals surface area contributed by atoms with Gasteiger partial charge < -0.3 is 11.1 Å². The minimum Gasteiger partial charge on any atom is -0.368 e. The lowest BCUT2D eigenvalue weighted by Gasteiger charge is -2.01. The van der Waals surface area contributed by atoms with E-state index < -0.39 is 0 Å². The first kappa shape index (κ1) is 8.73. The van der Waals surface area contributed by atoms with Crippen LogP contribution in [0.4, 0.5) is 11.8 Å². The second-order valence-electron chi connectivity index (χ2n) is 2.12. The van der Waals surface area contributed by atoms with Crippen molar-refractivity contribution in [1.82, 2.24) is 9.97 Å². The Hall–Kier alpha value is -1.36. The third-order valence-electron chi connectivity index (χ3n) is 1.02. The lowest BCUT2D eigenvalue weighted by Crippen LogP contribution is -2.09. The summed E-state index contributed by atoms with van der Waals surface area (Å²) in [6, 6.07) is 1.42. The van der Waals surface area contributed by atoms with E-state index in [1.807, 2.05) is 0 Å². The number of nitrogens with one attached hydrogen (secondary N) is 1. The number of carbonyl (C=O) groups is 1. The van der Waals surface area contributed by atoms with Crippen molar-refractivity contribution in [1.29, 1.82) is 0 Å². The summed E-state index contributed by atoms with van der Waals surface area (Å²) >= 11 is 5.55. The molecule has 1 aromatic rings. The zero-order valence-corrected chi connectivity index (χ0v) is 7.09. The van der Waals surface area contributed by atoms with Crippen LogP contribution in [0.5, 0.6) is 0 Å². The van der Waals surface area contributed by atoms with E-state index in [-0.39, 0.29) is 17.0 Å². The fraction of sp³-hybridized carbons (Fsp3) is 0.167. The number of carbonyl (C=O) groups excluding carboxylic acids is 1. The summed E-state index contributed by atoms with van der Waals surface area (Å²) in [7, 11) is 0. The van der Waals surface area contributed by atoms with Crippen molar-refractivity contribution in [2.24, 2.45) is 0 Å². The van der Waals surface area contributed by atoms with Crippen LogP contribution in [-0.2, 0) is 4.79 Å². The lowest BCUT2D eigenvalue weighted by atomic mass is 10.5. The van der Waals surface area contributed by atoms with Crippen LogP contribution in [0.15, 0.2) is 6.07 Å². The van der Waals surface area contributed by atoms with Gasteiger partial charge in [0, 0.05) is 13.0 Å². The molecule has 0 aromatic carbocycles. The minimum atomic E-state index is -0.232. The Morgan fingerprint density at radius 1 is 1.67 bits per heavy atom. The van der Waals surface area contributed by atoms with Crippen molar-refractivity contribution in [3.05, 3.63) is 11.2 Å². The number of anilines is 2. The maximum absolute atomic E-state index is 10.6. The smallest absolute Gasteiger partial charge is 0.223 e. The first-order chi connectivity index (χ1) is 5.58. The largest absolute Gasteiger partial charge is 0.368 e. The second-order valence-corrected chi connectivity index (χ2v) is 2.50. The van der Waals surface area contributed by atoms with Gasteiger partial charge in [0.25, 0.3) is 0 Å². The van der Waals surface area contributed by atoms with E-state index in [1.54, 1.807) is 0 Å². The number of amides is 1. The molecule has 1 heterocycles. The molecule has 1 amide bonds. The SMILES string of the molecule is CC(=O)Nc1cc(Cl)nc(N)n1. The molecule has 5 nitrogen and oxygen atoms in total. The predicted octanol–water partition coefficient (Wildman–Crippen LogP) is 0.671. The molecule has 0 bridgehead atoms. The van der Waals surface area contributed by atoms with E-state index in [9.17, 15) is 4.79 Å². The molecule has 0 fully saturated rings. The van der Waals surface area contributed by atoms with E-state index in [2.05, 4.69) is 15.3 Å². The van der Waals surface area contributed by atoms with Crippen LogP contribution in [0.3, 0.4) is 0 Å². The molecule has 3 N–H and O–H groups in total. The molecule has 0 atom stereocenters. The molecule has 0 aliphatic rings. The summed E-state index contributed by atoms with van der Waals surface area (Å²) < 4.78 is 0. The molecule has 0 aliphatic heterocycles. The average Bonchev–Trinajstić information content (AvgIpc) is 1.81. The molecule has 1 rings (SSSR count). The van der Waals surface area contributed by atoms with Crippen LogP contribution in [0.2, 0.25) is 5.15 Å². The van der Waals surface area contributed by atoms with Gasteiger partial charge in [-0.1, -0.05) is 11.6 Å². The molecule has 0 radical (unpaired) electrons. The summed E-state index contributed by atoms with van der Waals surface area (Å²) in [6.07, 6.45) is 0. The highest BCUT2D eigenvalue weighted by Crippen LogP contribution is 2.11. The van der Waals surface area contributed by atoms with Crippen LogP contribution in [0.1, 0.15) is 6.92 Å². The topological polar surface area (TPSA) is 80.9 Å². The standard InChI is InChI=1S/C6H7ClN4O/c1-3(12)9-5-2-4(7)10-6(8)11-5/h2H,1H3,(H3,8,9,10,11,12). The fourth-order valence-electron chi connectivity index (χ4n) is 0.680. The second kappa shape index (κ2) is 3.36. The van der Waals surface area contributed by atoms with Crippen molar-refractivity contribution in [2.45, 2.75) is 6.92 Å². The zero-order chi connectivity index (χ0) is 9.14. The quantitative estimate of drug-likeness (QED) is 0.632. The maximum atomic E-state index is 10.6. The normalized spacial score (nSPS) is 9.50. The number of hydrogen-bond acceptors (Lipinski definition) is 4. The van der Waals surface area contributed by atoms with Gasteiger partial charge in [-0.15, -0.1) is 0 Å². The number of nitrogens with two attached hydrogens (primary N) is 1. The predicted molar refractivity (Wildman–Crippen MR) is 45.8 cm³/mol. The molecular weight excluding hydrogens is 180 g/mol. The van der Waals surface area contributed by atoms with Gasteiger partial charge in [0.1, 0.15) is 11.0 Å². The molecule has 64 valence electrons. The first-order valence-electron chi connectivity index (χ1n) is 3.15. The average molecular weight is 187 g/mol. The van der Waals surface area contributed by atoms with Gasteiger partial charge in [0.05, 0.1) is 0 Å². The summed E-state index contributed by atoms with van der Waals surface area (Å²) in [5.74, 6) is 0.107. The molecule has 0 saturated carbocycles. The van der Waals surface area contributed by atoms with Gasteiger partial charge in [-0.25, -0.2) is 4.98 Å². The Balaban J connectivity index is 2.93. The van der Waals surface area contributed by atoms with E-state index in [0.717, 1.165) is 0 Å². The van der Waals surface area contributed by atoms with E-state index in [4.69, 9.17) is 17.3 Å². The van der Waals surface area contributed by atoms with Crippen LogP contribution in [0.25, 0.3) is 0 Å². The van der Waals surface area contributed by atoms with Gasteiger partial charge in [-0.3, -0.25) is 4.79 Å². The number of rotatable bonds is 1. The molecule has 0 spiro atoms. The van der Waals surface area contributed by atoms with Crippen molar-refractivity contribution in [2.75, 3.05) is 11.1 Å². The van der Waals surface area contributed by atoms with Gasteiger partial charge in [-0.05, 0) is 0 Å². The van der Waals surface area contributed by atoms with Crippen molar-refractivity contribution in [3.8, 4) is 0 Å². The summed E-state index contributed by atoms with van der Waals surface area (Å²) in [5, 5.41) is 2.63. The molecule has 0 aliphatic carbocycles. The Kier molecular flexibility index (Phi) is 2.44. The number of aromatic nitrogens is 2.